The number of hydrogen-bond donors (Lipinski definition) is 4. The second-order valence-electron chi connectivity index (χ2n) is 13.9. The Morgan fingerprint density at radius 3 is 2.41 bits per heavy atom. The molecule has 54 heavy (non-hydrogen) atoms. The van der Waals surface area contributed by atoms with Crippen LogP contribution in [-0.4, -0.2) is 89.3 Å². The van der Waals surface area contributed by atoms with Crippen molar-refractivity contribution in [1.29, 1.82) is 0 Å². The van der Waals surface area contributed by atoms with E-state index in [0.717, 1.165) is 24.0 Å². The smallest absolute Gasteiger partial charge is 0.272 e. The SMILES string of the molecule is COc1cc2c(cc1OCCCC(=O)Nc1cc(C(=O)Nc3ccc(-c4cc(C(=O)NCCNC(C)C)n(C)c4)cc3)n(C)c1)N=C[C@H]1CCCN1C2=O. The summed E-state index contributed by atoms with van der Waals surface area (Å²) >= 11 is 0. The van der Waals surface area contributed by atoms with Gasteiger partial charge in [-0.05, 0) is 55.2 Å². The fourth-order valence-corrected chi connectivity index (χ4v) is 6.63. The third kappa shape index (κ3) is 8.83. The van der Waals surface area contributed by atoms with Crippen LogP contribution in [0, 0.1) is 0 Å². The van der Waals surface area contributed by atoms with Crippen molar-refractivity contribution in [3.05, 3.63) is 77.9 Å². The van der Waals surface area contributed by atoms with Crippen LogP contribution in [0.5, 0.6) is 11.5 Å². The van der Waals surface area contributed by atoms with Gasteiger partial charge in [0.2, 0.25) is 5.91 Å². The fraction of sp³-hybridized carbons (Fsp3) is 0.375. The number of anilines is 2. The molecule has 1 saturated heterocycles. The van der Waals surface area contributed by atoms with E-state index in [1.54, 1.807) is 40.6 Å². The summed E-state index contributed by atoms with van der Waals surface area (Å²) in [5, 5.41) is 12.0. The van der Waals surface area contributed by atoms with E-state index in [-0.39, 0.29) is 42.7 Å². The molecule has 0 aliphatic carbocycles. The number of aliphatic imine (C=N–C) groups is 1. The summed E-state index contributed by atoms with van der Waals surface area (Å²) in [6.07, 6.45) is 7.88. The summed E-state index contributed by atoms with van der Waals surface area (Å²) in [6, 6.07) is 14.6. The van der Waals surface area contributed by atoms with E-state index >= 15 is 0 Å². The van der Waals surface area contributed by atoms with Crippen molar-refractivity contribution >= 4 is 46.9 Å². The molecule has 2 aromatic heterocycles. The molecule has 4 heterocycles. The van der Waals surface area contributed by atoms with Gasteiger partial charge in [-0.25, -0.2) is 0 Å². The lowest BCUT2D eigenvalue weighted by Gasteiger charge is -2.20. The van der Waals surface area contributed by atoms with Crippen molar-refractivity contribution in [3.63, 3.8) is 0 Å². The zero-order chi connectivity index (χ0) is 38.4. The lowest BCUT2D eigenvalue weighted by molar-refractivity contribution is -0.116. The second kappa shape index (κ2) is 16.8. The Morgan fingerprint density at radius 1 is 0.889 bits per heavy atom. The van der Waals surface area contributed by atoms with E-state index in [4.69, 9.17) is 9.47 Å². The number of carbonyl (C=O) groups excluding carboxylic acids is 4. The van der Waals surface area contributed by atoms with Gasteiger partial charge in [0.25, 0.3) is 17.7 Å². The number of aromatic nitrogens is 2. The molecule has 2 aromatic carbocycles. The molecule has 0 saturated carbocycles. The van der Waals surface area contributed by atoms with Gasteiger partial charge in [-0.1, -0.05) is 26.0 Å². The molecule has 1 fully saturated rings. The quantitative estimate of drug-likeness (QED) is 0.123. The lowest BCUT2D eigenvalue weighted by atomic mass is 10.1. The second-order valence-corrected chi connectivity index (χ2v) is 13.9. The molecule has 4 aromatic rings. The first-order chi connectivity index (χ1) is 26.0. The molecule has 4 amide bonds. The molecule has 4 N–H and O–H groups in total. The van der Waals surface area contributed by atoms with Crippen LogP contribution in [0.2, 0.25) is 0 Å². The molecule has 2 aliphatic rings. The summed E-state index contributed by atoms with van der Waals surface area (Å²) in [5.74, 6) is 0.139. The normalized spacial score (nSPS) is 14.7. The number of nitrogens with zero attached hydrogens (tertiary/aromatic N) is 4. The first kappa shape index (κ1) is 37.9. The highest BCUT2D eigenvalue weighted by Gasteiger charge is 2.32. The van der Waals surface area contributed by atoms with Crippen LogP contribution in [-0.2, 0) is 18.9 Å². The molecule has 284 valence electrons. The number of nitrogens with one attached hydrogen (secondary N) is 4. The molecule has 0 spiro atoms. The van der Waals surface area contributed by atoms with Crippen molar-refractivity contribution < 1.29 is 28.7 Å². The molecule has 0 bridgehead atoms. The Hall–Kier alpha value is -5.89. The minimum Gasteiger partial charge on any atom is -0.493 e. The Morgan fingerprint density at radius 2 is 1.65 bits per heavy atom. The largest absolute Gasteiger partial charge is 0.493 e. The number of amides is 4. The third-order valence-electron chi connectivity index (χ3n) is 9.46. The Labute approximate surface area is 314 Å². The van der Waals surface area contributed by atoms with Gasteiger partial charge in [0.1, 0.15) is 11.4 Å². The minimum absolute atomic E-state index is 0.00655. The Balaban J connectivity index is 0.978. The van der Waals surface area contributed by atoms with Gasteiger partial charge in [0, 0.05) is 82.1 Å². The van der Waals surface area contributed by atoms with Gasteiger partial charge >= 0.3 is 0 Å². The molecule has 0 unspecified atom stereocenters. The number of carbonyl (C=O) groups is 4. The van der Waals surface area contributed by atoms with Crippen molar-refractivity contribution in [2.24, 2.45) is 19.1 Å². The van der Waals surface area contributed by atoms with Gasteiger partial charge in [0.15, 0.2) is 11.5 Å². The molecule has 6 rings (SSSR count). The number of rotatable bonds is 15. The van der Waals surface area contributed by atoms with Crippen LogP contribution in [0.15, 0.2) is 65.9 Å². The van der Waals surface area contributed by atoms with E-state index in [1.165, 1.54) is 7.11 Å². The standard InChI is InChI=1S/C40H48N8O6/c1-25(2)41-14-15-42-38(50)33-18-27(23-46(33)3)26-10-12-28(13-11-26)45-39(51)34-19-29(24-47(34)4)44-37(49)9-7-17-54-36-21-32-31(20-35(36)53-5)40(52)48-16-6-8-30(48)22-43-32/h10-13,18-25,30,41H,6-9,14-17H2,1-5H3,(H,42,50)(H,44,49)(H,45,51)/t30-/m1/s1. The van der Waals surface area contributed by atoms with Crippen molar-refractivity contribution in [1.82, 2.24) is 24.7 Å². The topological polar surface area (TPSA) is 160 Å². The first-order valence-electron chi connectivity index (χ1n) is 18.3. The Bertz CT molecular complexity index is 2050. The highest BCUT2D eigenvalue weighted by molar-refractivity contribution is 6.05. The molecule has 14 heteroatoms. The highest BCUT2D eigenvalue weighted by Crippen LogP contribution is 2.38. The number of benzene rings is 2. The minimum atomic E-state index is -0.328. The van der Waals surface area contributed by atoms with Crippen LogP contribution in [0.1, 0.15) is 70.9 Å². The van der Waals surface area contributed by atoms with E-state index in [9.17, 15) is 19.2 Å². The van der Waals surface area contributed by atoms with Gasteiger partial charge < -0.3 is 44.8 Å². The van der Waals surface area contributed by atoms with E-state index in [0.29, 0.717) is 77.6 Å². The van der Waals surface area contributed by atoms with Crippen LogP contribution >= 0.6 is 0 Å². The summed E-state index contributed by atoms with van der Waals surface area (Å²) in [5.41, 5.74) is 4.85. The summed E-state index contributed by atoms with van der Waals surface area (Å²) in [7, 11) is 5.10. The number of ether oxygens (including phenoxy) is 2. The van der Waals surface area contributed by atoms with E-state index < -0.39 is 0 Å². The van der Waals surface area contributed by atoms with Gasteiger partial charge in [0.05, 0.1) is 36.7 Å². The molecular formula is C40H48N8O6. The van der Waals surface area contributed by atoms with E-state index in [2.05, 4.69) is 40.1 Å². The molecule has 2 aliphatic heterocycles. The molecule has 14 nitrogen and oxygen atoms in total. The van der Waals surface area contributed by atoms with E-state index in [1.807, 2.05) is 54.7 Å². The van der Waals surface area contributed by atoms with Gasteiger partial charge in [-0.2, -0.15) is 0 Å². The number of aryl methyl sites for hydroxylation is 2. The molecule has 1 atom stereocenters. The highest BCUT2D eigenvalue weighted by atomic mass is 16.5. The van der Waals surface area contributed by atoms with Crippen molar-refractivity contribution in [2.75, 3.05) is 44.0 Å². The predicted molar refractivity (Wildman–Crippen MR) is 208 cm³/mol. The van der Waals surface area contributed by atoms with Crippen LogP contribution in [0.3, 0.4) is 0 Å². The lowest BCUT2D eigenvalue weighted by Crippen LogP contribution is -2.35. The zero-order valence-corrected chi connectivity index (χ0v) is 31.4. The average Bonchev–Trinajstić information content (AvgIpc) is 3.87. The Kier molecular flexibility index (Phi) is 11.8. The maximum Gasteiger partial charge on any atom is 0.272 e. The maximum absolute atomic E-state index is 13.2. The zero-order valence-electron chi connectivity index (χ0n) is 31.4. The molecule has 0 radical (unpaired) electrons. The van der Waals surface area contributed by atoms with Gasteiger partial charge in [-0.15, -0.1) is 0 Å². The van der Waals surface area contributed by atoms with Crippen molar-refractivity contribution in [3.8, 4) is 22.6 Å². The number of fused-ring (bicyclic) bond motifs is 2. The van der Waals surface area contributed by atoms with Crippen LogP contribution < -0.4 is 30.7 Å². The first-order valence-corrected chi connectivity index (χ1v) is 18.3. The predicted octanol–water partition coefficient (Wildman–Crippen LogP) is 5.14. The third-order valence-corrected chi connectivity index (χ3v) is 9.46. The fourth-order valence-electron chi connectivity index (χ4n) is 6.63. The van der Waals surface area contributed by atoms with Crippen LogP contribution in [0.25, 0.3) is 11.1 Å². The average molecular weight is 737 g/mol. The summed E-state index contributed by atoms with van der Waals surface area (Å²) in [4.78, 5) is 58.2. The maximum atomic E-state index is 13.2. The van der Waals surface area contributed by atoms with Crippen molar-refractivity contribution in [2.45, 2.75) is 51.6 Å². The number of hydrogen-bond acceptors (Lipinski definition) is 8. The monoisotopic (exact) mass is 736 g/mol. The number of methoxy groups -OCH3 is 1. The van der Waals surface area contributed by atoms with Crippen LogP contribution in [0.4, 0.5) is 17.1 Å². The molecular weight excluding hydrogens is 688 g/mol. The summed E-state index contributed by atoms with van der Waals surface area (Å²) in [6.45, 7) is 6.30. The summed E-state index contributed by atoms with van der Waals surface area (Å²) < 4.78 is 14.9. The van der Waals surface area contributed by atoms with Gasteiger partial charge in [-0.3, -0.25) is 24.2 Å².